The van der Waals surface area contributed by atoms with Crippen molar-refractivity contribution >= 4 is 22.8 Å². The maximum absolute atomic E-state index is 11.4. The summed E-state index contributed by atoms with van der Waals surface area (Å²) in [5.74, 6) is 0.905. The number of carbonyl (C=O) groups is 1. The molecule has 1 fully saturated rings. The normalized spacial score (nSPS) is 16.8. The number of anilines is 1. The first kappa shape index (κ1) is 14.7. The van der Waals surface area contributed by atoms with Crippen LogP contribution in [-0.2, 0) is 11.8 Å². The van der Waals surface area contributed by atoms with E-state index >= 15 is 0 Å². The van der Waals surface area contributed by atoms with Crippen LogP contribution in [0.1, 0.15) is 12.8 Å². The summed E-state index contributed by atoms with van der Waals surface area (Å²) in [5.41, 5.74) is 0.828. The van der Waals surface area contributed by atoms with Crippen molar-refractivity contribution in [1.82, 2.24) is 30.0 Å². The maximum atomic E-state index is 11.4. The maximum Gasteiger partial charge on any atom is 0.233 e. The van der Waals surface area contributed by atoms with Crippen LogP contribution in [0.3, 0.4) is 0 Å². The number of rotatable bonds is 4. The van der Waals surface area contributed by atoms with E-state index in [4.69, 9.17) is 0 Å². The van der Waals surface area contributed by atoms with E-state index in [2.05, 4.69) is 30.6 Å². The number of hydrogen-bond donors (Lipinski definition) is 2. The Labute approximate surface area is 128 Å². The van der Waals surface area contributed by atoms with Gasteiger partial charge in [-0.2, -0.15) is 5.10 Å². The molecule has 0 spiro atoms. The van der Waals surface area contributed by atoms with Crippen LogP contribution in [-0.4, -0.2) is 63.3 Å². The minimum Gasteiger partial charge on any atom is -0.367 e. The van der Waals surface area contributed by atoms with Gasteiger partial charge in [0.2, 0.25) is 5.91 Å². The molecule has 118 valence electrons. The van der Waals surface area contributed by atoms with Crippen molar-refractivity contribution in [3.63, 3.8) is 0 Å². The predicted molar refractivity (Wildman–Crippen MR) is 83.5 cm³/mol. The molecule has 1 saturated heterocycles. The van der Waals surface area contributed by atoms with Gasteiger partial charge in [-0.15, -0.1) is 0 Å². The molecule has 2 aromatic heterocycles. The fraction of sp³-hybridized carbons (Fsp3) is 0.571. The second-order valence-electron chi connectivity index (χ2n) is 5.60. The summed E-state index contributed by atoms with van der Waals surface area (Å²) in [4.78, 5) is 22.2. The quantitative estimate of drug-likeness (QED) is 0.826. The zero-order valence-electron chi connectivity index (χ0n) is 12.9. The third-order valence-electron chi connectivity index (χ3n) is 4.10. The molecule has 2 aromatic rings. The van der Waals surface area contributed by atoms with Crippen molar-refractivity contribution in [2.24, 2.45) is 7.05 Å². The van der Waals surface area contributed by atoms with E-state index in [1.807, 2.05) is 7.05 Å². The van der Waals surface area contributed by atoms with Crippen molar-refractivity contribution in [2.75, 3.05) is 32.0 Å². The Kier molecular flexibility index (Phi) is 4.19. The molecule has 8 heteroatoms. The van der Waals surface area contributed by atoms with E-state index in [1.54, 1.807) is 24.3 Å². The number of fused-ring (bicyclic) bond motifs is 1. The molecule has 3 heterocycles. The fourth-order valence-corrected chi connectivity index (χ4v) is 2.79. The first-order valence-corrected chi connectivity index (χ1v) is 7.49. The van der Waals surface area contributed by atoms with Crippen molar-refractivity contribution < 1.29 is 4.79 Å². The molecule has 0 radical (unpaired) electrons. The first-order valence-electron chi connectivity index (χ1n) is 7.49. The van der Waals surface area contributed by atoms with Crippen molar-refractivity contribution in [2.45, 2.75) is 18.9 Å². The molecule has 1 amide bonds. The van der Waals surface area contributed by atoms with E-state index in [0.717, 1.165) is 42.8 Å². The number of aromatic nitrogens is 4. The van der Waals surface area contributed by atoms with E-state index < -0.39 is 0 Å². The number of likely N-dealkylation sites (tertiary alicyclic amines) is 1. The number of piperidine rings is 1. The van der Waals surface area contributed by atoms with Gasteiger partial charge in [0.25, 0.3) is 0 Å². The lowest BCUT2D eigenvalue weighted by Gasteiger charge is -2.32. The highest BCUT2D eigenvalue weighted by atomic mass is 16.1. The highest BCUT2D eigenvalue weighted by Crippen LogP contribution is 2.21. The van der Waals surface area contributed by atoms with Gasteiger partial charge in [0, 0.05) is 33.2 Å². The Morgan fingerprint density at radius 3 is 2.86 bits per heavy atom. The molecule has 2 N–H and O–H groups in total. The van der Waals surface area contributed by atoms with Crippen LogP contribution in [0, 0.1) is 0 Å². The summed E-state index contributed by atoms with van der Waals surface area (Å²) in [6.45, 7) is 2.29. The summed E-state index contributed by atoms with van der Waals surface area (Å²) < 4.78 is 1.74. The van der Waals surface area contributed by atoms with Gasteiger partial charge in [-0.25, -0.2) is 9.97 Å². The largest absolute Gasteiger partial charge is 0.367 e. The predicted octanol–water partition coefficient (Wildman–Crippen LogP) is -0.0144. The van der Waals surface area contributed by atoms with E-state index in [0.29, 0.717) is 12.6 Å². The summed E-state index contributed by atoms with van der Waals surface area (Å²) >= 11 is 0. The van der Waals surface area contributed by atoms with Gasteiger partial charge in [0.05, 0.1) is 18.1 Å². The van der Waals surface area contributed by atoms with Gasteiger partial charge < -0.3 is 10.6 Å². The first-order chi connectivity index (χ1) is 10.7. The number of amides is 1. The third kappa shape index (κ3) is 3.01. The average molecular weight is 303 g/mol. The van der Waals surface area contributed by atoms with Gasteiger partial charge in [-0.3, -0.25) is 14.4 Å². The topological polar surface area (TPSA) is 88.0 Å². The van der Waals surface area contributed by atoms with Crippen LogP contribution < -0.4 is 10.6 Å². The smallest absolute Gasteiger partial charge is 0.233 e. The van der Waals surface area contributed by atoms with Crippen molar-refractivity contribution in [1.29, 1.82) is 0 Å². The van der Waals surface area contributed by atoms with Crippen LogP contribution in [0.5, 0.6) is 0 Å². The molecule has 0 aliphatic carbocycles. The molecule has 1 aliphatic rings. The molecule has 0 unspecified atom stereocenters. The van der Waals surface area contributed by atoms with Gasteiger partial charge in [-0.1, -0.05) is 0 Å². The second kappa shape index (κ2) is 6.27. The van der Waals surface area contributed by atoms with Gasteiger partial charge in [0.1, 0.15) is 12.1 Å². The molecule has 22 heavy (non-hydrogen) atoms. The minimum atomic E-state index is 0.0688. The highest BCUT2D eigenvalue weighted by molar-refractivity contribution is 5.86. The molecular weight excluding hydrogens is 282 g/mol. The number of likely N-dealkylation sites (N-methyl/N-ethyl adjacent to an activating group) is 1. The van der Waals surface area contributed by atoms with Crippen LogP contribution in [0.2, 0.25) is 0 Å². The Morgan fingerprint density at radius 1 is 1.36 bits per heavy atom. The number of carbonyl (C=O) groups excluding carboxylic acids is 1. The summed E-state index contributed by atoms with van der Waals surface area (Å²) in [5, 5.41) is 11.3. The monoisotopic (exact) mass is 303 g/mol. The van der Waals surface area contributed by atoms with Crippen LogP contribution in [0.15, 0.2) is 12.5 Å². The summed E-state index contributed by atoms with van der Waals surface area (Å²) in [6.07, 6.45) is 5.33. The van der Waals surface area contributed by atoms with E-state index in [9.17, 15) is 4.79 Å². The average Bonchev–Trinajstić information content (AvgIpc) is 2.92. The summed E-state index contributed by atoms with van der Waals surface area (Å²) in [6, 6.07) is 0.360. The third-order valence-corrected chi connectivity index (χ3v) is 4.10. The van der Waals surface area contributed by atoms with Crippen LogP contribution in [0.25, 0.3) is 11.0 Å². The van der Waals surface area contributed by atoms with Crippen molar-refractivity contribution in [3.8, 4) is 0 Å². The highest BCUT2D eigenvalue weighted by Gasteiger charge is 2.21. The minimum absolute atomic E-state index is 0.0688. The summed E-state index contributed by atoms with van der Waals surface area (Å²) in [7, 11) is 3.54. The molecule has 0 saturated carbocycles. The molecule has 1 aliphatic heterocycles. The van der Waals surface area contributed by atoms with E-state index in [-0.39, 0.29) is 5.91 Å². The standard InChI is InChI=1S/C14H21N7O/c1-15-12(22)8-21-5-3-10(4-6-21)19-13-11-7-18-20(2)14(11)17-9-16-13/h7,9-10H,3-6,8H2,1-2H3,(H,15,22)(H,16,17,19). The molecule has 8 nitrogen and oxygen atoms in total. The Morgan fingerprint density at radius 2 is 2.14 bits per heavy atom. The van der Waals surface area contributed by atoms with E-state index in [1.165, 1.54) is 0 Å². The fourth-order valence-electron chi connectivity index (χ4n) is 2.79. The number of nitrogens with one attached hydrogen (secondary N) is 2. The van der Waals surface area contributed by atoms with Gasteiger partial charge in [0.15, 0.2) is 5.65 Å². The molecule has 3 rings (SSSR count). The molecule has 0 bridgehead atoms. The SMILES string of the molecule is CNC(=O)CN1CCC(Nc2ncnc3c2cnn3C)CC1. The Hall–Kier alpha value is -2.22. The van der Waals surface area contributed by atoms with Crippen LogP contribution in [0.4, 0.5) is 5.82 Å². The Bertz CT molecular complexity index is 660. The lowest BCUT2D eigenvalue weighted by Crippen LogP contribution is -2.43. The van der Waals surface area contributed by atoms with Gasteiger partial charge >= 0.3 is 0 Å². The lowest BCUT2D eigenvalue weighted by atomic mass is 10.0. The lowest BCUT2D eigenvalue weighted by molar-refractivity contribution is -0.122. The second-order valence-corrected chi connectivity index (χ2v) is 5.60. The Balaban J connectivity index is 1.61. The zero-order valence-corrected chi connectivity index (χ0v) is 12.9. The number of nitrogens with zero attached hydrogens (tertiary/aromatic N) is 5. The van der Waals surface area contributed by atoms with Gasteiger partial charge in [-0.05, 0) is 12.8 Å². The number of aryl methyl sites for hydroxylation is 1. The van der Waals surface area contributed by atoms with Crippen LogP contribution >= 0.6 is 0 Å². The molecular formula is C14H21N7O. The molecule has 0 aromatic carbocycles. The zero-order chi connectivity index (χ0) is 15.5. The van der Waals surface area contributed by atoms with Crippen molar-refractivity contribution in [3.05, 3.63) is 12.5 Å². The number of hydrogen-bond acceptors (Lipinski definition) is 6. The molecule has 0 atom stereocenters.